The van der Waals surface area contributed by atoms with Crippen molar-refractivity contribution in [2.45, 2.75) is 18.9 Å². The normalized spacial score (nSPS) is 26.7. The first-order valence-electron chi connectivity index (χ1n) is 7.27. The van der Waals surface area contributed by atoms with Gasteiger partial charge in [0.2, 0.25) is 0 Å². The Bertz CT molecular complexity index is 695. The number of furan rings is 1. The zero-order valence-electron chi connectivity index (χ0n) is 11.9. The number of aromatic nitrogens is 1. The molecule has 1 N–H and O–H groups in total. The minimum atomic E-state index is -0.154. The molecule has 2 bridgehead atoms. The quantitative estimate of drug-likeness (QED) is 0.853. The molecule has 0 radical (unpaired) electrons. The number of nitrogens with zero attached hydrogens (tertiary/aromatic N) is 2. The minimum absolute atomic E-state index is 0. The first-order chi connectivity index (χ1) is 10.2. The summed E-state index contributed by atoms with van der Waals surface area (Å²) in [4.78, 5) is 19.0. The molecule has 5 rings (SSSR count). The predicted molar refractivity (Wildman–Crippen MR) is 86.7 cm³/mol. The van der Waals surface area contributed by atoms with E-state index in [0.717, 1.165) is 25.0 Å². The Morgan fingerprint density at radius 1 is 1.41 bits per heavy atom. The Morgan fingerprint density at radius 3 is 2.86 bits per heavy atom. The van der Waals surface area contributed by atoms with Gasteiger partial charge in [-0.3, -0.25) is 4.79 Å². The summed E-state index contributed by atoms with van der Waals surface area (Å²) in [5.74, 6) is 0.436. The van der Waals surface area contributed by atoms with Crippen molar-refractivity contribution in [2.75, 3.05) is 19.6 Å². The molecule has 0 saturated carbocycles. The number of pyridine rings is 1. The number of fused-ring (bicyclic) bond motifs is 4. The van der Waals surface area contributed by atoms with Crippen molar-refractivity contribution in [3.8, 4) is 0 Å². The Balaban J connectivity index is 0.00000144. The Hall–Kier alpha value is -1.30. The van der Waals surface area contributed by atoms with E-state index in [1.165, 1.54) is 12.8 Å². The SMILES string of the molecule is Cl.O=C(N[C@H]1CN2CCC1CC2)c1cc2ccoc2c(Cl)n1. The van der Waals surface area contributed by atoms with Crippen LogP contribution in [0, 0.1) is 5.92 Å². The molecular formula is C15H17Cl2N3O2. The van der Waals surface area contributed by atoms with Gasteiger partial charge in [0.25, 0.3) is 5.91 Å². The number of amides is 1. The summed E-state index contributed by atoms with van der Waals surface area (Å²) in [6.07, 6.45) is 3.88. The molecule has 2 aromatic heterocycles. The van der Waals surface area contributed by atoms with Crippen LogP contribution in [0.1, 0.15) is 23.3 Å². The van der Waals surface area contributed by atoms with Crippen LogP contribution < -0.4 is 5.32 Å². The van der Waals surface area contributed by atoms with Gasteiger partial charge >= 0.3 is 0 Å². The molecule has 118 valence electrons. The van der Waals surface area contributed by atoms with E-state index < -0.39 is 0 Å². The number of hydrogen-bond acceptors (Lipinski definition) is 4. The van der Waals surface area contributed by atoms with E-state index in [9.17, 15) is 4.79 Å². The van der Waals surface area contributed by atoms with Crippen molar-refractivity contribution in [3.05, 3.63) is 29.2 Å². The second kappa shape index (κ2) is 6.07. The molecule has 0 aliphatic carbocycles. The van der Waals surface area contributed by atoms with Crippen molar-refractivity contribution in [3.63, 3.8) is 0 Å². The van der Waals surface area contributed by atoms with Crippen LogP contribution in [0.3, 0.4) is 0 Å². The van der Waals surface area contributed by atoms with E-state index >= 15 is 0 Å². The molecule has 1 atom stereocenters. The number of hydrogen-bond donors (Lipinski definition) is 1. The van der Waals surface area contributed by atoms with E-state index in [1.807, 2.05) is 0 Å². The molecule has 1 amide bonds. The third kappa shape index (κ3) is 2.69. The summed E-state index contributed by atoms with van der Waals surface area (Å²) in [6, 6.07) is 3.73. The van der Waals surface area contributed by atoms with Gasteiger partial charge in [-0.2, -0.15) is 0 Å². The van der Waals surface area contributed by atoms with Crippen LogP contribution in [-0.4, -0.2) is 41.5 Å². The highest BCUT2D eigenvalue weighted by Crippen LogP contribution is 2.28. The molecular weight excluding hydrogens is 325 g/mol. The summed E-state index contributed by atoms with van der Waals surface area (Å²) < 4.78 is 5.24. The summed E-state index contributed by atoms with van der Waals surface area (Å²) in [5.41, 5.74) is 0.876. The number of piperidine rings is 3. The van der Waals surface area contributed by atoms with Gasteiger partial charge < -0.3 is 14.6 Å². The first kappa shape index (κ1) is 15.6. The van der Waals surface area contributed by atoms with Gasteiger partial charge in [-0.15, -0.1) is 12.4 Å². The number of halogens is 2. The van der Waals surface area contributed by atoms with Crippen LogP contribution in [-0.2, 0) is 0 Å². The molecule has 0 aromatic carbocycles. The smallest absolute Gasteiger partial charge is 0.270 e. The fraction of sp³-hybridized carbons (Fsp3) is 0.467. The fourth-order valence-corrected chi connectivity index (χ4v) is 3.67. The number of carbonyl (C=O) groups excluding carboxylic acids is 1. The van der Waals surface area contributed by atoms with Crippen LogP contribution in [0.2, 0.25) is 5.15 Å². The second-order valence-electron chi connectivity index (χ2n) is 5.86. The van der Waals surface area contributed by atoms with Gasteiger partial charge in [0, 0.05) is 18.0 Å². The third-order valence-electron chi connectivity index (χ3n) is 4.60. The first-order valence-corrected chi connectivity index (χ1v) is 7.65. The van der Waals surface area contributed by atoms with Crippen molar-refractivity contribution >= 4 is 40.9 Å². The maximum Gasteiger partial charge on any atom is 0.270 e. The van der Waals surface area contributed by atoms with Crippen molar-refractivity contribution in [1.29, 1.82) is 0 Å². The maximum atomic E-state index is 12.4. The molecule has 0 spiro atoms. The third-order valence-corrected chi connectivity index (χ3v) is 4.86. The maximum absolute atomic E-state index is 12.4. The summed E-state index contributed by atoms with van der Waals surface area (Å²) in [5, 5.41) is 4.15. The molecule has 7 heteroatoms. The average Bonchev–Trinajstić information content (AvgIpc) is 2.97. The van der Waals surface area contributed by atoms with E-state index in [1.54, 1.807) is 18.4 Å². The number of rotatable bonds is 2. The molecule has 5 heterocycles. The van der Waals surface area contributed by atoms with Gasteiger partial charge in [-0.25, -0.2) is 4.98 Å². The van der Waals surface area contributed by atoms with Crippen molar-refractivity contribution in [1.82, 2.24) is 15.2 Å². The zero-order valence-corrected chi connectivity index (χ0v) is 13.5. The van der Waals surface area contributed by atoms with Gasteiger partial charge in [-0.05, 0) is 44.0 Å². The molecule has 3 saturated heterocycles. The predicted octanol–water partition coefficient (Wildman–Crippen LogP) is 2.73. The van der Waals surface area contributed by atoms with Crippen LogP contribution in [0.25, 0.3) is 11.0 Å². The molecule has 3 fully saturated rings. The van der Waals surface area contributed by atoms with Crippen LogP contribution >= 0.6 is 24.0 Å². The molecule has 2 aromatic rings. The Labute approximate surface area is 139 Å². The fourth-order valence-electron chi connectivity index (χ4n) is 3.42. The topological polar surface area (TPSA) is 58.4 Å². The van der Waals surface area contributed by atoms with E-state index in [4.69, 9.17) is 16.0 Å². The van der Waals surface area contributed by atoms with Crippen LogP contribution in [0.15, 0.2) is 22.8 Å². The largest absolute Gasteiger partial charge is 0.461 e. The average molecular weight is 342 g/mol. The van der Waals surface area contributed by atoms with Crippen LogP contribution in [0.4, 0.5) is 0 Å². The second-order valence-corrected chi connectivity index (χ2v) is 6.21. The van der Waals surface area contributed by atoms with Gasteiger partial charge in [0.1, 0.15) is 5.69 Å². The highest BCUT2D eigenvalue weighted by molar-refractivity contribution is 6.33. The Morgan fingerprint density at radius 2 is 2.18 bits per heavy atom. The summed E-state index contributed by atoms with van der Waals surface area (Å²) >= 11 is 6.06. The Kier molecular flexibility index (Phi) is 4.30. The molecule has 3 aliphatic heterocycles. The van der Waals surface area contributed by atoms with Crippen molar-refractivity contribution in [2.24, 2.45) is 5.92 Å². The summed E-state index contributed by atoms with van der Waals surface area (Å²) in [7, 11) is 0. The lowest BCUT2D eigenvalue weighted by Crippen LogP contribution is -2.57. The number of carbonyl (C=O) groups is 1. The lowest BCUT2D eigenvalue weighted by Gasteiger charge is -2.44. The van der Waals surface area contributed by atoms with E-state index in [0.29, 0.717) is 17.2 Å². The minimum Gasteiger partial charge on any atom is -0.461 e. The molecule has 3 aliphatic rings. The molecule has 0 unspecified atom stereocenters. The zero-order chi connectivity index (χ0) is 14.4. The van der Waals surface area contributed by atoms with Crippen molar-refractivity contribution < 1.29 is 9.21 Å². The molecule has 5 nitrogen and oxygen atoms in total. The van der Waals surface area contributed by atoms with E-state index in [-0.39, 0.29) is 29.5 Å². The van der Waals surface area contributed by atoms with Gasteiger partial charge in [-0.1, -0.05) is 11.6 Å². The standard InChI is InChI=1S/C15H16ClN3O2.ClH/c16-14-13-10(3-6-21-13)7-11(17-14)15(20)18-12-8-19-4-1-9(12)2-5-19;/h3,6-7,9,12H,1-2,4-5,8H2,(H,18,20);1H/t12-;/m0./s1. The molecule has 22 heavy (non-hydrogen) atoms. The van der Waals surface area contributed by atoms with Crippen LogP contribution in [0.5, 0.6) is 0 Å². The lowest BCUT2D eigenvalue weighted by molar-refractivity contribution is 0.0618. The lowest BCUT2D eigenvalue weighted by atomic mass is 9.84. The van der Waals surface area contributed by atoms with E-state index in [2.05, 4.69) is 15.2 Å². The number of nitrogens with one attached hydrogen (secondary N) is 1. The van der Waals surface area contributed by atoms with Gasteiger partial charge in [0.05, 0.1) is 6.26 Å². The highest BCUT2D eigenvalue weighted by atomic mass is 35.5. The highest BCUT2D eigenvalue weighted by Gasteiger charge is 2.35. The monoisotopic (exact) mass is 341 g/mol. The van der Waals surface area contributed by atoms with Gasteiger partial charge in [0.15, 0.2) is 10.7 Å². The summed E-state index contributed by atoms with van der Waals surface area (Å²) in [6.45, 7) is 3.25.